The number of esters is 2. The van der Waals surface area contributed by atoms with Crippen molar-refractivity contribution in [2.75, 3.05) is 6.61 Å². The van der Waals surface area contributed by atoms with E-state index in [0.29, 0.717) is 24.7 Å². The monoisotopic (exact) mass is 320 g/mol. The van der Waals surface area contributed by atoms with Crippen LogP contribution in [0.15, 0.2) is 18.2 Å². The van der Waals surface area contributed by atoms with Crippen LogP contribution in [0.5, 0.6) is 5.75 Å². The van der Waals surface area contributed by atoms with E-state index in [1.807, 2.05) is 26.0 Å². The first-order valence-corrected chi connectivity index (χ1v) is 8.32. The third-order valence-electron chi connectivity index (χ3n) is 3.73. The summed E-state index contributed by atoms with van der Waals surface area (Å²) in [4.78, 5) is 23.4. The molecule has 0 aliphatic heterocycles. The Kier molecular flexibility index (Phi) is 8.38. The minimum absolute atomic E-state index is 0.217. The molecule has 0 spiro atoms. The fourth-order valence-electron chi connectivity index (χ4n) is 2.14. The van der Waals surface area contributed by atoms with Crippen molar-refractivity contribution >= 4 is 11.9 Å². The Morgan fingerprint density at radius 3 is 2.43 bits per heavy atom. The van der Waals surface area contributed by atoms with Gasteiger partial charge in [-0.1, -0.05) is 26.0 Å². The molecule has 0 saturated heterocycles. The summed E-state index contributed by atoms with van der Waals surface area (Å²) < 4.78 is 10.5. The van der Waals surface area contributed by atoms with Gasteiger partial charge in [0.1, 0.15) is 5.75 Å². The molecule has 128 valence electrons. The molecule has 0 bridgehead atoms. The average molecular weight is 320 g/mol. The van der Waals surface area contributed by atoms with E-state index in [1.54, 1.807) is 6.07 Å². The van der Waals surface area contributed by atoms with Crippen molar-refractivity contribution in [1.29, 1.82) is 0 Å². The van der Waals surface area contributed by atoms with Crippen molar-refractivity contribution in [3.63, 3.8) is 0 Å². The first-order valence-electron chi connectivity index (χ1n) is 8.32. The van der Waals surface area contributed by atoms with Crippen molar-refractivity contribution in [3.05, 3.63) is 29.3 Å². The van der Waals surface area contributed by atoms with Gasteiger partial charge in [0.25, 0.3) is 0 Å². The van der Waals surface area contributed by atoms with Gasteiger partial charge in [-0.15, -0.1) is 0 Å². The lowest BCUT2D eigenvalue weighted by molar-refractivity contribution is -0.144. The summed E-state index contributed by atoms with van der Waals surface area (Å²) >= 11 is 0. The highest BCUT2D eigenvalue weighted by Crippen LogP contribution is 2.21. The Balaban J connectivity index is 2.21. The van der Waals surface area contributed by atoms with E-state index in [1.165, 1.54) is 0 Å². The molecule has 0 heterocycles. The zero-order chi connectivity index (χ0) is 17.2. The second-order valence-electron chi connectivity index (χ2n) is 6.28. The lowest BCUT2D eigenvalue weighted by atomic mass is 10.1. The zero-order valence-corrected chi connectivity index (χ0v) is 14.7. The van der Waals surface area contributed by atoms with Crippen molar-refractivity contribution in [2.45, 2.75) is 59.8 Å². The fourth-order valence-corrected chi connectivity index (χ4v) is 2.14. The Morgan fingerprint density at radius 1 is 1.04 bits per heavy atom. The molecule has 0 atom stereocenters. The second-order valence-corrected chi connectivity index (χ2v) is 6.28. The first kappa shape index (κ1) is 19.2. The van der Waals surface area contributed by atoms with Gasteiger partial charge < -0.3 is 9.47 Å². The second kappa shape index (κ2) is 10.0. The summed E-state index contributed by atoms with van der Waals surface area (Å²) in [7, 11) is 0. The van der Waals surface area contributed by atoms with E-state index in [4.69, 9.17) is 9.47 Å². The van der Waals surface area contributed by atoms with Gasteiger partial charge in [-0.25, -0.2) is 0 Å². The quantitative estimate of drug-likeness (QED) is 0.385. The number of carbonyl (C=O) groups is 2. The van der Waals surface area contributed by atoms with Crippen LogP contribution in [0.2, 0.25) is 0 Å². The third kappa shape index (κ3) is 7.82. The maximum Gasteiger partial charge on any atom is 0.311 e. The van der Waals surface area contributed by atoms with Crippen LogP contribution in [0.25, 0.3) is 0 Å². The Hall–Kier alpha value is -1.84. The minimum Gasteiger partial charge on any atom is -0.466 e. The molecule has 0 fully saturated rings. The van der Waals surface area contributed by atoms with Crippen LogP contribution in [0.3, 0.4) is 0 Å². The van der Waals surface area contributed by atoms with Crippen LogP contribution >= 0.6 is 0 Å². The Bertz CT molecular complexity index is 520. The molecule has 4 nitrogen and oxygen atoms in total. The van der Waals surface area contributed by atoms with E-state index in [2.05, 4.69) is 13.8 Å². The summed E-state index contributed by atoms with van der Waals surface area (Å²) in [6, 6.07) is 5.62. The average Bonchev–Trinajstić information content (AvgIpc) is 2.48. The number of benzene rings is 1. The van der Waals surface area contributed by atoms with Crippen LogP contribution < -0.4 is 4.74 Å². The topological polar surface area (TPSA) is 52.6 Å². The lowest BCUT2D eigenvalue weighted by Crippen LogP contribution is -2.11. The standard InChI is InChI=1S/C19H28O4/c1-14(2)8-7-13-22-18(20)11-6-12-19(21)23-17-10-5-9-15(3)16(17)4/h5,9-10,14H,6-8,11-13H2,1-4H3. The van der Waals surface area contributed by atoms with Gasteiger partial charge in [-0.05, 0) is 56.2 Å². The van der Waals surface area contributed by atoms with Gasteiger partial charge in [0, 0.05) is 12.8 Å². The summed E-state index contributed by atoms with van der Waals surface area (Å²) in [5.41, 5.74) is 2.05. The number of hydrogen-bond acceptors (Lipinski definition) is 4. The molecule has 1 aromatic rings. The molecule has 0 aliphatic carbocycles. The number of carbonyl (C=O) groups excluding carboxylic acids is 2. The van der Waals surface area contributed by atoms with Crippen LogP contribution in [-0.2, 0) is 14.3 Å². The summed E-state index contributed by atoms with van der Waals surface area (Å²) in [5.74, 6) is 0.652. The molecule has 1 rings (SSSR count). The van der Waals surface area contributed by atoms with Crippen LogP contribution in [0, 0.1) is 19.8 Å². The molecule has 0 amide bonds. The Morgan fingerprint density at radius 2 is 1.74 bits per heavy atom. The molecule has 4 heteroatoms. The summed E-state index contributed by atoms with van der Waals surface area (Å²) in [5, 5.41) is 0. The number of rotatable bonds is 9. The lowest BCUT2D eigenvalue weighted by Gasteiger charge is -2.09. The van der Waals surface area contributed by atoms with Gasteiger partial charge in [0.15, 0.2) is 0 Å². The van der Waals surface area contributed by atoms with Gasteiger partial charge in [0.05, 0.1) is 6.61 Å². The van der Waals surface area contributed by atoms with Gasteiger partial charge in [-0.3, -0.25) is 9.59 Å². The molecule has 0 radical (unpaired) electrons. The third-order valence-corrected chi connectivity index (χ3v) is 3.73. The van der Waals surface area contributed by atoms with E-state index >= 15 is 0 Å². The predicted molar refractivity (Wildman–Crippen MR) is 90.4 cm³/mol. The first-order chi connectivity index (χ1) is 10.9. The van der Waals surface area contributed by atoms with E-state index < -0.39 is 0 Å². The number of aryl methyl sites for hydroxylation is 1. The summed E-state index contributed by atoms with van der Waals surface area (Å²) in [6.07, 6.45) is 2.86. The number of ether oxygens (including phenoxy) is 2. The smallest absolute Gasteiger partial charge is 0.311 e. The summed E-state index contributed by atoms with van der Waals surface area (Å²) in [6.45, 7) is 8.64. The van der Waals surface area contributed by atoms with Crippen molar-refractivity contribution in [3.8, 4) is 5.75 Å². The number of hydrogen-bond donors (Lipinski definition) is 0. The van der Waals surface area contributed by atoms with E-state index in [-0.39, 0.29) is 24.8 Å². The normalized spacial score (nSPS) is 10.7. The van der Waals surface area contributed by atoms with Crippen molar-refractivity contribution in [1.82, 2.24) is 0 Å². The molecule has 1 aromatic carbocycles. The maximum atomic E-state index is 11.8. The molecule has 0 unspecified atom stereocenters. The van der Waals surface area contributed by atoms with Gasteiger partial charge >= 0.3 is 11.9 Å². The minimum atomic E-state index is -0.314. The highest BCUT2D eigenvalue weighted by molar-refractivity contribution is 5.74. The molecule has 0 aliphatic rings. The highest BCUT2D eigenvalue weighted by Gasteiger charge is 2.10. The predicted octanol–water partition coefficient (Wildman–Crippen LogP) is 4.36. The zero-order valence-electron chi connectivity index (χ0n) is 14.7. The SMILES string of the molecule is Cc1cccc(OC(=O)CCCC(=O)OCCCC(C)C)c1C. The fraction of sp³-hybridized carbons (Fsp3) is 0.579. The van der Waals surface area contributed by atoms with Crippen LogP contribution in [-0.4, -0.2) is 18.5 Å². The van der Waals surface area contributed by atoms with E-state index in [9.17, 15) is 9.59 Å². The largest absolute Gasteiger partial charge is 0.466 e. The molecule has 0 aromatic heterocycles. The molecular weight excluding hydrogens is 292 g/mol. The van der Waals surface area contributed by atoms with Crippen LogP contribution in [0.1, 0.15) is 57.1 Å². The van der Waals surface area contributed by atoms with Crippen LogP contribution in [0.4, 0.5) is 0 Å². The molecule has 23 heavy (non-hydrogen) atoms. The van der Waals surface area contributed by atoms with Crippen molar-refractivity contribution in [2.24, 2.45) is 5.92 Å². The maximum absolute atomic E-state index is 11.8. The highest BCUT2D eigenvalue weighted by atomic mass is 16.5. The Labute approximate surface area is 139 Å². The van der Waals surface area contributed by atoms with Gasteiger partial charge in [-0.2, -0.15) is 0 Å². The van der Waals surface area contributed by atoms with Gasteiger partial charge in [0.2, 0.25) is 0 Å². The van der Waals surface area contributed by atoms with E-state index in [0.717, 1.165) is 24.0 Å². The molecular formula is C19H28O4. The van der Waals surface area contributed by atoms with Crippen molar-refractivity contribution < 1.29 is 19.1 Å². The molecule has 0 N–H and O–H groups in total. The molecule has 0 saturated carbocycles.